The number of anilines is 1. The third-order valence-electron chi connectivity index (χ3n) is 3.58. The molecule has 0 bridgehead atoms. The molecule has 1 aromatic heterocycles. The molecule has 1 fully saturated rings. The Balaban J connectivity index is 1.90. The van der Waals surface area contributed by atoms with Crippen molar-refractivity contribution in [3.8, 4) is 5.75 Å². The number of nitrogens with zero attached hydrogens (tertiary/aromatic N) is 2. The van der Waals surface area contributed by atoms with Gasteiger partial charge in [0.15, 0.2) is 12.5 Å². The first-order valence-corrected chi connectivity index (χ1v) is 7.02. The van der Waals surface area contributed by atoms with Crippen LogP contribution in [-0.4, -0.2) is 34.3 Å². The summed E-state index contributed by atoms with van der Waals surface area (Å²) in [6.07, 6.45) is -0.228. The number of methoxy groups -OCH3 is 1. The van der Waals surface area contributed by atoms with Crippen LogP contribution >= 0.6 is 0 Å². The van der Waals surface area contributed by atoms with Crippen molar-refractivity contribution in [2.24, 2.45) is 0 Å². The van der Waals surface area contributed by atoms with E-state index in [-0.39, 0.29) is 18.0 Å². The lowest BCUT2D eigenvalue weighted by molar-refractivity contribution is -0.0755. The van der Waals surface area contributed by atoms with Crippen LogP contribution in [0.25, 0.3) is 0 Å². The summed E-state index contributed by atoms with van der Waals surface area (Å²) in [6.45, 7) is 0.0619. The first-order valence-electron chi connectivity index (χ1n) is 7.02. The van der Waals surface area contributed by atoms with Gasteiger partial charge in [-0.1, -0.05) is 0 Å². The van der Waals surface area contributed by atoms with E-state index in [1.807, 2.05) is 0 Å². The zero-order valence-corrected chi connectivity index (χ0v) is 12.7. The Morgan fingerprint density at radius 1 is 1.46 bits per heavy atom. The van der Waals surface area contributed by atoms with Gasteiger partial charge in [0.25, 0.3) is 0 Å². The van der Waals surface area contributed by atoms with Gasteiger partial charge in [0.2, 0.25) is 0 Å². The number of ether oxygens (including phenoxy) is 3. The third kappa shape index (κ3) is 2.94. The molecule has 0 spiro atoms. The smallest absolute Gasteiger partial charge is 0.351 e. The fourth-order valence-corrected chi connectivity index (χ4v) is 2.40. The van der Waals surface area contributed by atoms with Gasteiger partial charge in [0, 0.05) is 11.8 Å². The maximum absolute atomic E-state index is 11.9. The predicted octanol–water partition coefficient (Wildman–Crippen LogP) is 0.776. The van der Waals surface area contributed by atoms with Crippen molar-refractivity contribution in [1.82, 2.24) is 9.55 Å². The van der Waals surface area contributed by atoms with E-state index in [4.69, 9.17) is 19.9 Å². The second kappa shape index (κ2) is 6.30. The average Bonchev–Trinajstić information content (AvgIpc) is 3.03. The van der Waals surface area contributed by atoms with E-state index in [1.165, 1.54) is 42.1 Å². The zero-order valence-electron chi connectivity index (χ0n) is 12.7. The first kappa shape index (κ1) is 16.0. The summed E-state index contributed by atoms with van der Waals surface area (Å²) in [6, 6.07) is 5.94. The number of carboxylic acids is 1. The van der Waals surface area contributed by atoms with Gasteiger partial charge < -0.3 is 25.1 Å². The van der Waals surface area contributed by atoms with Crippen molar-refractivity contribution in [1.29, 1.82) is 0 Å². The molecule has 0 aliphatic carbocycles. The molecule has 1 aliphatic heterocycles. The Labute approximate surface area is 136 Å². The van der Waals surface area contributed by atoms with Crippen LogP contribution in [0.15, 0.2) is 35.3 Å². The molecule has 0 radical (unpaired) electrons. The molecule has 3 rings (SSSR count). The van der Waals surface area contributed by atoms with Gasteiger partial charge in [-0.3, -0.25) is 4.57 Å². The number of aromatic carboxylic acids is 1. The Bertz CT molecular complexity index is 834. The van der Waals surface area contributed by atoms with Crippen LogP contribution in [0.3, 0.4) is 0 Å². The SMILES string of the molecule is COc1ccc(C(=O)O)c(C2OCC(n3ccc(N)nc3=O)O2)c1. The lowest BCUT2D eigenvalue weighted by Gasteiger charge is -2.16. The molecule has 1 saturated heterocycles. The predicted molar refractivity (Wildman–Crippen MR) is 81.7 cm³/mol. The standard InChI is InChI=1S/C15H15N3O6/c1-22-8-2-3-9(13(19)20)10(6-8)14-23-7-12(24-14)18-5-4-11(16)17-15(18)21/h2-6,12,14H,7H2,1H3,(H,19,20)(H2,16,17,21). The van der Waals surface area contributed by atoms with Crippen LogP contribution in [-0.2, 0) is 9.47 Å². The first-order chi connectivity index (χ1) is 11.5. The summed E-state index contributed by atoms with van der Waals surface area (Å²) in [5.74, 6) is -0.542. The molecule has 1 aliphatic rings. The molecule has 3 N–H and O–H groups in total. The number of hydrogen-bond donors (Lipinski definition) is 2. The molecule has 24 heavy (non-hydrogen) atoms. The summed E-state index contributed by atoms with van der Waals surface area (Å²) in [5, 5.41) is 9.32. The number of hydrogen-bond acceptors (Lipinski definition) is 7. The molecule has 1 aromatic carbocycles. The lowest BCUT2D eigenvalue weighted by Crippen LogP contribution is -2.28. The number of carbonyl (C=O) groups is 1. The molecule has 2 heterocycles. The fraction of sp³-hybridized carbons (Fsp3) is 0.267. The Hall–Kier alpha value is -2.91. The minimum Gasteiger partial charge on any atom is -0.497 e. The largest absolute Gasteiger partial charge is 0.497 e. The van der Waals surface area contributed by atoms with Crippen LogP contribution in [0, 0.1) is 0 Å². The number of carboxylic acid groups (broad SMARTS) is 1. The topological polar surface area (TPSA) is 126 Å². The van der Waals surface area contributed by atoms with Gasteiger partial charge >= 0.3 is 11.7 Å². The molecule has 0 saturated carbocycles. The minimum absolute atomic E-state index is 0.0317. The van der Waals surface area contributed by atoms with Crippen LogP contribution in [0.1, 0.15) is 28.4 Å². The number of nitrogen functional groups attached to an aromatic ring is 1. The Kier molecular flexibility index (Phi) is 4.19. The lowest BCUT2D eigenvalue weighted by atomic mass is 10.1. The molecule has 2 atom stereocenters. The molecule has 9 nitrogen and oxygen atoms in total. The molecular formula is C15H15N3O6. The number of benzene rings is 1. The number of aromatic nitrogens is 2. The quantitative estimate of drug-likeness (QED) is 0.840. The summed E-state index contributed by atoms with van der Waals surface area (Å²) >= 11 is 0. The van der Waals surface area contributed by atoms with Crippen molar-refractivity contribution in [2.75, 3.05) is 19.5 Å². The highest BCUT2D eigenvalue weighted by Crippen LogP contribution is 2.35. The second-order valence-corrected chi connectivity index (χ2v) is 5.06. The molecule has 9 heteroatoms. The maximum atomic E-state index is 11.9. The monoisotopic (exact) mass is 333 g/mol. The van der Waals surface area contributed by atoms with E-state index < -0.39 is 24.2 Å². The van der Waals surface area contributed by atoms with Crippen molar-refractivity contribution < 1.29 is 24.1 Å². The molecule has 2 aromatic rings. The highest BCUT2D eigenvalue weighted by Gasteiger charge is 2.32. The van der Waals surface area contributed by atoms with Crippen LogP contribution in [0.2, 0.25) is 0 Å². The Morgan fingerprint density at radius 3 is 2.92 bits per heavy atom. The van der Waals surface area contributed by atoms with Crippen molar-refractivity contribution in [3.63, 3.8) is 0 Å². The van der Waals surface area contributed by atoms with E-state index in [1.54, 1.807) is 0 Å². The van der Waals surface area contributed by atoms with Gasteiger partial charge in [0.05, 0.1) is 19.3 Å². The van der Waals surface area contributed by atoms with Gasteiger partial charge in [-0.2, -0.15) is 4.98 Å². The van der Waals surface area contributed by atoms with E-state index in [2.05, 4.69) is 4.98 Å². The molecule has 0 amide bonds. The maximum Gasteiger partial charge on any atom is 0.351 e. The molecular weight excluding hydrogens is 318 g/mol. The summed E-state index contributed by atoms with van der Waals surface area (Å²) in [7, 11) is 1.47. The highest BCUT2D eigenvalue weighted by molar-refractivity contribution is 5.89. The normalized spacial score (nSPS) is 20.0. The Morgan fingerprint density at radius 2 is 2.25 bits per heavy atom. The van der Waals surface area contributed by atoms with Gasteiger partial charge in [-0.25, -0.2) is 9.59 Å². The van der Waals surface area contributed by atoms with E-state index in [0.29, 0.717) is 11.3 Å². The summed E-state index contributed by atoms with van der Waals surface area (Å²) in [4.78, 5) is 26.9. The third-order valence-corrected chi connectivity index (χ3v) is 3.58. The van der Waals surface area contributed by atoms with Crippen LogP contribution < -0.4 is 16.2 Å². The minimum atomic E-state index is -1.12. The van der Waals surface area contributed by atoms with Crippen LogP contribution in [0.4, 0.5) is 5.82 Å². The van der Waals surface area contributed by atoms with Gasteiger partial charge in [-0.15, -0.1) is 0 Å². The van der Waals surface area contributed by atoms with Crippen molar-refractivity contribution in [3.05, 3.63) is 52.1 Å². The number of nitrogens with two attached hydrogens (primary N) is 1. The molecule has 126 valence electrons. The summed E-state index contributed by atoms with van der Waals surface area (Å²) < 4.78 is 17.6. The van der Waals surface area contributed by atoms with E-state index >= 15 is 0 Å². The van der Waals surface area contributed by atoms with Crippen molar-refractivity contribution in [2.45, 2.75) is 12.5 Å². The zero-order chi connectivity index (χ0) is 17.3. The number of rotatable bonds is 4. The van der Waals surface area contributed by atoms with Crippen LogP contribution in [0.5, 0.6) is 5.75 Å². The second-order valence-electron chi connectivity index (χ2n) is 5.06. The van der Waals surface area contributed by atoms with E-state index in [0.717, 1.165) is 0 Å². The van der Waals surface area contributed by atoms with Gasteiger partial charge in [0.1, 0.15) is 11.6 Å². The highest BCUT2D eigenvalue weighted by atomic mass is 16.7. The molecule has 2 unspecified atom stereocenters. The average molecular weight is 333 g/mol. The van der Waals surface area contributed by atoms with Crippen molar-refractivity contribution >= 4 is 11.8 Å². The van der Waals surface area contributed by atoms with E-state index in [9.17, 15) is 14.7 Å². The summed E-state index contributed by atoms with van der Waals surface area (Å²) in [5.41, 5.74) is 5.22. The van der Waals surface area contributed by atoms with Gasteiger partial charge in [-0.05, 0) is 24.3 Å². The fourth-order valence-electron chi connectivity index (χ4n) is 2.40.